The highest BCUT2D eigenvalue weighted by Gasteiger charge is 2.27. The van der Waals surface area contributed by atoms with Crippen molar-refractivity contribution < 1.29 is 12.8 Å². The van der Waals surface area contributed by atoms with Crippen molar-refractivity contribution in [3.63, 3.8) is 0 Å². The van der Waals surface area contributed by atoms with Crippen LogP contribution in [0.25, 0.3) is 0 Å². The fourth-order valence-electron chi connectivity index (χ4n) is 1.99. The monoisotopic (exact) mass is 258 g/mol. The van der Waals surface area contributed by atoms with E-state index in [1.165, 1.54) is 26.2 Å². The summed E-state index contributed by atoms with van der Waals surface area (Å²) in [6.45, 7) is 0. The van der Waals surface area contributed by atoms with E-state index in [0.29, 0.717) is 12.8 Å². The van der Waals surface area contributed by atoms with Crippen LogP contribution < -0.4 is 4.72 Å². The van der Waals surface area contributed by atoms with Gasteiger partial charge in [-0.05, 0) is 36.1 Å². The van der Waals surface area contributed by atoms with Crippen LogP contribution in [0.4, 0.5) is 4.39 Å². The SMILES string of the molecule is CN(C)S(=O)(=O)N[C@H]1CCc2cc(F)ccc21. The normalized spacial score (nSPS) is 19.6. The van der Waals surface area contributed by atoms with E-state index in [2.05, 4.69) is 4.72 Å². The predicted octanol–water partition coefficient (Wildman–Crippen LogP) is 1.21. The molecule has 1 aliphatic carbocycles. The number of rotatable bonds is 3. The van der Waals surface area contributed by atoms with Crippen molar-refractivity contribution >= 4 is 10.2 Å². The zero-order valence-electron chi connectivity index (χ0n) is 9.77. The van der Waals surface area contributed by atoms with E-state index in [-0.39, 0.29) is 11.9 Å². The average molecular weight is 258 g/mol. The largest absolute Gasteiger partial charge is 0.279 e. The molecule has 0 spiro atoms. The van der Waals surface area contributed by atoms with Gasteiger partial charge in [-0.1, -0.05) is 6.07 Å². The van der Waals surface area contributed by atoms with Gasteiger partial charge in [0.25, 0.3) is 10.2 Å². The summed E-state index contributed by atoms with van der Waals surface area (Å²) in [5.41, 5.74) is 1.76. The molecule has 1 aliphatic rings. The fraction of sp³-hybridized carbons (Fsp3) is 0.455. The Morgan fingerprint density at radius 2 is 2.12 bits per heavy atom. The van der Waals surface area contributed by atoms with Crippen molar-refractivity contribution in [2.75, 3.05) is 14.1 Å². The molecular formula is C11H15FN2O2S. The molecule has 0 aliphatic heterocycles. The van der Waals surface area contributed by atoms with Crippen LogP contribution in [0.15, 0.2) is 18.2 Å². The topological polar surface area (TPSA) is 49.4 Å². The van der Waals surface area contributed by atoms with E-state index in [1.54, 1.807) is 6.07 Å². The molecule has 0 saturated carbocycles. The van der Waals surface area contributed by atoms with Crippen LogP contribution >= 0.6 is 0 Å². The molecule has 4 nitrogen and oxygen atoms in total. The van der Waals surface area contributed by atoms with E-state index >= 15 is 0 Å². The van der Waals surface area contributed by atoms with Gasteiger partial charge in [0.15, 0.2) is 0 Å². The van der Waals surface area contributed by atoms with Crippen LogP contribution in [0.2, 0.25) is 0 Å². The molecule has 1 aromatic rings. The lowest BCUT2D eigenvalue weighted by molar-refractivity contribution is 0.487. The summed E-state index contributed by atoms with van der Waals surface area (Å²) in [4.78, 5) is 0. The molecule has 0 amide bonds. The van der Waals surface area contributed by atoms with Gasteiger partial charge in [0.1, 0.15) is 5.82 Å². The summed E-state index contributed by atoms with van der Waals surface area (Å²) in [5, 5.41) is 0. The Morgan fingerprint density at radius 1 is 1.41 bits per heavy atom. The van der Waals surface area contributed by atoms with E-state index in [1.807, 2.05) is 0 Å². The smallest absolute Gasteiger partial charge is 0.207 e. The van der Waals surface area contributed by atoms with E-state index in [9.17, 15) is 12.8 Å². The Kier molecular flexibility index (Phi) is 3.20. The highest BCUT2D eigenvalue weighted by molar-refractivity contribution is 7.87. The van der Waals surface area contributed by atoms with Gasteiger partial charge in [0.05, 0.1) is 0 Å². The molecule has 2 rings (SSSR count). The first kappa shape index (κ1) is 12.5. The standard InChI is InChI=1S/C11H15FN2O2S/c1-14(2)17(15,16)13-11-6-3-8-7-9(12)4-5-10(8)11/h4-5,7,11,13H,3,6H2,1-2H3/t11-/m0/s1. The number of halogens is 1. The molecule has 94 valence electrons. The van der Waals surface area contributed by atoms with E-state index in [0.717, 1.165) is 15.4 Å². The first-order chi connectivity index (χ1) is 7.90. The molecule has 0 saturated heterocycles. The zero-order valence-corrected chi connectivity index (χ0v) is 10.6. The van der Waals surface area contributed by atoms with Crippen molar-refractivity contribution in [3.05, 3.63) is 35.1 Å². The second-order valence-electron chi connectivity index (χ2n) is 4.34. The van der Waals surface area contributed by atoms with Gasteiger partial charge in [-0.2, -0.15) is 17.4 Å². The lowest BCUT2D eigenvalue weighted by Gasteiger charge is -2.18. The Bertz CT molecular complexity index is 528. The minimum atomic E-state index is -3.44. The molecule has 1 N–H and O–H groups in total. The maximum Gasteiger partial charge on any atom is 0.279 e. The Morgan fingerprint density at radius 3 is 2.76 bits per heavy atom. The third kappa shape index (κ3) is 2.48. The van der Waals surface area contributed by atoms with Gasteiger partial charge in [-0.25, -0.2) is 4.39 Å². The van der Waals surface area contributed by atoms with Crippen LogP contribution in [0.5, 0.6) is 0 Å². The number of nitrogens with zero attached hydrogens (tertiary/aromatic N) is 1. The van der Waals surface area contributed by atoms with Crippen LogP contribution in [-0.4, -0.2) is 26.8 Å². The predicted molar refractivity (Wildman–Crippen MR) is 63.2 cm³/mol. The molecule has 0 aromatic heterocycles. The number of nitrogens with one attached hydrogen (secondary N) is 1. The third-order valence-corrected chi connectivity index (χ3v) is 4.50. The molecule has 1 aromatic carbocycles. The lowest BCUT2D eigenvalue weighted by Crippen LogP contribution is -2.37. The minimum absolute atomic E-state index is 0.252. The Labute approximate surface area is 101 Å². The number of hydrogen-bond donors (Lipinski definition) is 1. The van der Waals surface area contributed by atoms with Gasteiger partial charge in [-0.3, -0.25) is 0 Å². The van der Waals surface area contributed by atoms with Gasteiger partial charge >= 0.3 is 0 Å². The molecule has 0 heterocycles. The van der Waals surface area contributed by atoms with Crippen LogP contribution in [0.3, 0.4) is 0 Å². The molecule has 0 unspecified atom stereocenters. The highest BCUT2D eigenvalue weighted by Crippen LogP contribution is 2.32. The summed E-state index contributed by atoms with van der Waals surface area (Å²) in [5.74, 6) is -0.278. The molecule has 0 fully saturated rings. The highest BCUT2D eigenvalue weighted by atomic mass is 32.2. The Balaban J connectivity index is 2.24. The first-order valence-corrected chi connectivity index (χ1v) is 6.82. The quantitative estimate of drug-likeness (QED) is 0.886. The zero-order chi connectivity index (χ0) is 12.6. The minimum Gasteiger partial charge on any atom is -0.207 e. The van der Waals surface area contributed by atoms with Gasteiger partial charge in [0.2, 0.25) is 0 Å². The number of aryl methyl sites for hydroxylation is 1. The van der Waals surface area contributed by atoms with Crippen molar-refractivity contribution in [1.82, 2.24) is 9.03 Å². The fourth-order valence-corrected chi connectivity index (χ4v) is 2.81. The van der Waals surface area contributed by atoms with E-state index < -0.39 is 10.2 Å². The van der Waals surface area contributed by atoms with Crippen molar-refractivity contribution in [1.29, 1.82) is 0 Å². The van der Waals surface area contributed by atoms with E-state index in [4.69, 9.17) is 0 Å². The molecule has 17 heavy (non-hydrogen) atoms. The van der Waals surface area contributed by atoms with Crippen molar-refractivity contribution in [2.24, 2.45) is 0 Å². The Hall–Kier alpha value is -0.980. The maximum absolute atomic E-state index is 13.0. The lowest BCUT2D eigenvalue weighted by atomic mass is 10.1. The first-order valence-electron chi connectivity index (χ1n) is 5.38. The second-order valence-corrected chi connectivity index (χ2v) is 6.26. The molecule has 0 radical (unpaired) electrons. The number of hydrogen-bond acceptors (Lipinski definition) is 2. The second kappa shape index (κ2) is 4.36. The maximum atomic E-state index is 13.0. The summed E-state index contributed by atoms with van der Waals surface area (Å²) >= 11 is 0. The van der Waals surface area contributed by atoms with Gasteiger partial charge in [-0.15, -0.1) is 0 Å². The van der Waals surface area contributed by atoms with Crippen molar-refractivity contribution in [2.45, 2.75) is 18.9 Å². The molecule has 0 bridgehead atoms. The number of fused-ring (bicyclic) bond motifs is 1. The molecule has 1 atom stereocenters. The molecule has 6 heteroatoms. The van der Waals surface area contributed by atoms with Crippen LogP contribution in [0, 0.1) is 5.82 Å². The van der Waals surface area contributed by atoms with Crippen LogP contribution in [-0.2, 0) is 16.6 Å². The van der Waals surface area contributed by atoms with Crippen molar-refractivity contribution in [3.8, 4) is 0 Å². The number of benzene rings is 1. The summed E-state index contributed by atoms with van der Waals surface area (Å²) < 4.78 is 40.2. The summed E-state index contributed by atoms with van der Waals surface area (Å²) in [7, 11) is -0.495. The summed E-state index contributed by atoms with van der Waals surface area (Å²) in [6.07, 6.45) is 1.37. The van der Waals surface area contributed by atoms with Crippen LogP contribution in [0.1, 0.15) is 23.6 Å². The van der Waals surface area contributed by atoms with Gasteiger partial charge in [0, 0.05) is 20.1 Å². The van der Waals surface area contributed by atoms with Gasteiger partial charge < -0.3 is 0 Å². The summed E-state index contributed by atoms with van der Waals surface area (Å²) in [6, 6.07) is 4.24. The third-order valence-electron chi connectivity index (χ3n) is 2.95. The molecular weight excluding hydrogens is 243 g/mol. The average Bonchev–Trinajstić information content (AvgIpc) is 2.60.